The Morgan fingerprint density at radius 2 is 0.786 bits per heavy atom. The van der Waals surface area contributed by atoms with Crippen molar-refractivity contribution >= 4 is 23.5 Å². The topological polar surface area (TPSA) is 0 Å². The van der Waals surface area contributed by atoms with Crippen molar-refractivity contribution in [3.63, 3.8) is 0 Å². The number of rotatable bonds is 2. The van der Waals surface area contributed by atoms with Gasteiger partial charge in [-0.3, -0.25) is 0 Å². The highest BCUT2D eigenvalue weighted by Gasteiger charge is 2.44. The Labute approximate surface area is 340 Å². The third-order valence-electron chi connectivity index (χ3n) is 14.0. The Hall–Kier alpha value is -4.76. The minimum absolute atomic E-state index is 0.0220. The SMILES string of the molecule is CC1(C)c2ccccc2Sc2c1ccc1c2-c2ccc(-c3cccc(-c4cccc5c4Sc4c(ccc6c4-c4ccccc4C6(C)C)C5(C)C)c3)cc2C1(C)C. The molecule has 0 radical (unpaired) electrons. The van der Waals surface area contributed by atoms with Gasteiger partial charge in [0.05, 0.1) is 0 Å². The van der Waals surface area contributed by atoms with Crippen LogP contribution in [0.1, 0.15) is 99.9 Å². The fourth-order valence-electron chi connectivity index (χ4n) is 10.7. The Morgan fingerprint density at radius 3 is 1.54 bits per heavy atom. The molecule has 0 aromatic heterocycles. The molecular weight excluding hydrogens is 713 g/mol. The number of benzene rings is 7. The second-order valence-electron chi connectivity index (χ2n) is 18.5. The van der Waals surface area contributed by atoms with Gasteiger partial charge in [0.1, 0.15) is 0 Å². The highest BCUT2D eigenvalue weighted by molar-refractivity contribution is 8.00. The second-order valence-corrected chi connectivity index (χ2v) is 20.6. The van der Waals surface area contributed by atoms with E-state index < -0.39 is 0 Å². The maximum absolute atomic E-state index is 2.49. The van der Waals surface area contributed by atoms with Gasteiger partial charge in [0.2, 0.25) is 0 Å². The average molecular weight is 759 g/mol. The Morgan fingerprint density at radius 1 is 0.304 bits per heavy atom. The fourth-order valence-corrected chi connectivity index (χ4v) is 14.0. The van der Waals surface area contributed by atoms with Gasteiger partial charge in [-0.05, 0) is 96.1 Å². The first-order valence-corrected chi connectivity index (χ1v) is 21.7. The van der Waals surface area contributed by atoms with E-state index >= 15 is 0 Å². The number of fused-ring (bicyclic) bond motifs is 12. The summed E-state index contributed by atoms with van der Waals surface area (Å²) in [6, 6.07) is 51.3. The van der Waals surface area contributed by atoms with Crippen LogP contribution in [0.25, 0.3) is 44.5 Å². The standard InChI is InChI=1S/C54H46S2/c1-51(2)37-19-10-9-17-35(37)46-39(51)25-28-43-50(46)56-48-34(18-14-21-41(48)54(43,7)8)33-16-13-15-31(29-33)32-23-24-36-44(30-32)53(5,6)40-26-27-42-49(47(36)40)55-45-22-12-11-20-38(45)52(42,3)4/h9-30H,1-8H3. The molecule has 0 spiro atoms. The smallest absolute Gasteiger partial charge is 0.0245 e. The lowest BCUT2D eigenvalue weighted by atomic mass is 9.75. The summed E-state index contributed by atoms with van der Waals surface area (Å²) in [5.74, 6) is 0. The summed E-state index contributed by atoms with van der Waals surface area (Å²) >= 11 is 3.95. The Balaban J connectivity index is 1.01. The minimum Gasteiger partial charge on any atom is -0.0888 e. The first kappa shape index (κ1) is 34.5. The molecule has 0 unspecified atom stereocenters. The summed E-state index contributed by atoms with van der Waals surface area (Å²) in [6.07, 6.45) is 0. The molecule has 0 saturated carbocycles. The first-order chi connectivity index (χ1) is 26.8. The number of hydrogen-bond acceptors (Lipinski definition) is 2. The maximum atomic E-state index is 2.49. The van der Waals surface area contributed by atoms with Crippen LogP contribution in [-0.4, -0.2) is 0 Å². The summed E-state index contributed by atoms with van der Waals surface area (Å²) in [6.45, 7) is 19.2. The Kier molecular flexibility index (Phi) is 7.04. The van der Waals surface area contributed by atoms with Gasteiger partial charge in [0.25, 0.3) is 0 Å². The van der Waals surface area contributed by atoms with Gasteiger partial charge in [-0.2, -0.15) is 0 Å². The van der Waals surface area contributed by atoms with Crippen LogP contribution < -0.4 is 0 Å². The van der Waals surface area contributed by atoms with Crippen LogP contribution in [0.15, 0.2) is 153 Å². The van der Waals surface area contributed by atoms with Crippen molar-refractivity contribution in [3.8, 4) is 44.5 Å². The van der Waals surface area contributed by atoms with E-state index in [1.54, 1.807) is 0 Å². The first-order valence-electron chi connectivity index (χ1n) is 20.1. The van der Waals surface area contributed by atoms with Crippen LogP contribution in [0.3, 0.4) is 0 Å². The van der Waals surface area contributed by atoms with E-state index in [2.05, 4.69) is 189 Å². The molecule has 2 heterocycles. The van der Waals surface area contributed by atoms with Crippen molar-refractivity contribution < 1.29 is 0 Å². The third kappa shape index (κ3) is 4.46. The molecule has 0 nitrogen and oxygen atoms in total. The highest BCUT2D eigenvalue weighted by atomic mass is 32.2. The molecule has 2 aliphatic heterocycles. The third-order valence-corrected chi connectivity index (χ3v) is 16.5. The van der Waals surface area contributed by atoms with Crippen molar-refractivity contribution in [1.29, 1.82) is 0 Å². The van der Waals surface area contributed by atoms with Crippen molar-refractivity contribution in [3.05, 3.63) is 178 Å². The molecule has 0 N–H and O–H groups in total. The van der Waals surface area contributed by atoms with Gasteiger partial charge in [0, 0.05) is 52.4 Å². The van der Waals surface area contributed by atoms with Crippen molar-refractivity contribution in [2.45, 2.75) is 96.6 Å². The van der Waals surface area contributed by atoms with E-state index in [4.69, 9.17) is 0 Å². The molecule has 56 heavy (non-hydrogen) atoms. The predicted molar refractivity (Wildman–Crippen MR) is 238 cm³/mol. The summed E-state index contributed by atoms with van der Waals surface area (Å²) in [4.78, 5) is 5.62. The monoisotopic (exact) mass is 758 g/mol. The molecule has 0 fully saturated rings. The molecule has 0 amide bonds. The minimum atomic E-state index is -0.129. The van der Waals surface area contributed by atoms with Gasteiger partial charge < -0.3 is 0 Å². The molecule has 274 valence electrons. The van der Waals surface area contributed by atoms with Crippen LogP contribution in [-0.2, 0) is 21.7 Å². The van der Waals surface area contributed by atoms with E-state index in [1.165, 1.54) is 109 Å². The van der Waals surface area contributed by atoms with Crippen molar-refractivity contribution in [2.75, 3.05) is 0 Å². The van der Waals surface area contributed by atoms with E-state index in [1.807, 2.05) is 23.5 Å². The van der Waals surface area contributed by atoms with Crippen LogP contribution in [0.2, 0.25) is 0 Å². The van der Waals surface area contributed by atoms with Crippen LogP contribution >= 0.6 is 23.5 Å². The summed E-state index contributed by atoms with van der Waals surface area (Å²) < 4.78 is 0. The Bertz CT molecular complexity index is 2860. The van der Waals surface area contributed by atoms with Gasteiger partial charge in [0.15, 0.2) is 0 Å². The zero-order valence-corrected chi connectivity index (χ0v) is 35.2. The van der Waals surface area contributed by atoms with Gasteiger partial charge >= 0.3 is 0 Å². The summed E-state index contributed by atoms with van der Waals surface area (Å²) in [5.41, 5.74) is 21.9. The van der Waals surface area contributed by atoms with Gasteiger partial charge in [-0.15, -0.1) is 0 Å². The fraction of sp³-hybridized carbons (Fsp3) is 0.222. The molecule has 7 aromatic rings. The zero-order chi connectivity index (χ0) is 38.5. The molecule has 0 atom stereocenters. The van der Waals surface area contributed by atoms with E-state index in [9.17, 15) is 0 Å². The predicted octanol–water partition coefficient (Wildman–Crippen LogP) is 15.2. The van der Waals surface area contributed by atoms with Gasteiger partial charge in [-0.25, -0.2) is 0 Å². The van der Waals surface area contributed by atoms with Crippen molar-refractivity contribution in [2.24, 2.45) is 0 Å². The van der Waals surface area contributed by atoms with Crippen molar-refractivity contribution in [1.82, 2.24) is 0 Å². The van der Waals surface area contributed by atoms with Crippen LogP contribution in [0.5, 0.6) is 0 Å². The molecule has 2 heteroatoms. The quantitative estimate of drug-likeness (QED) is 0.172. The van der Waals surface area contributed by atoms with Gasteiger partial charge in [-0.1, -0.05) is 194 Å². The summed E-state index contributed by atoms with van der Waals surface area (Å²) in [7, 11) is 0. The van der Waals surface area contributed by atoms with E-state index in [-0.39, 0.29) is 21.7 Å². The van der Waals surface area contributed by atoms with E-state index in [0.717, 1.165) is 0 Å². The lowest BCUT2D eigenvalue weighted by Crippen LogP contribution is -2.25. The normalized spacial score (nSPS) is 17.7. The van der Waals surface area contributed by atoms with E-state index in [0.29, 0.717) is 0 Å². The molecule has 11 rings (SSSR count). The highest BCUT2D eigenvalue weighted by Crippen LogP contribution is 2.61. The van der Waals surface area contributed by atoms with Crippen LogP contribution in [0.4, 0.5) is 0 Å². The largest absolute Gasteiger partial charge is 0.0888 e. The molecule has 4 aliphatic rings. The molecule has 0 saturated heterocycles. The average Bonchev–Trinajstić information content (AvgIpc) is 3.57. The zero-order valence-electron chi connectivity index (χ0n) is 33.5. The second kappa shape index (κ2) is 11.4. The lowest BCUT2D eigenvalue weighted by molar-refractivity contribution is 0.604. The number of hydrogen-bond donors (Lipinski definition) is 0. The maximum Gasteiger partial charge on any atom is 0.0245 e. The molecular formula is C54H46S2. The lowest BCUT2D eigenvalue weighted by Gasteiger charge is -2.37. The molecule has 7 aromatic carbocycles. The molecule has 0 bridgehead atoms. The molecule has 2 aliphatic carbocycles. The summed E-state index contributed by atoms with van der Waals surface area (Å²) in [5, 5.41) is 0. The van der Waals surface area contributed by atoms with Crippen LogP contribution in [0, 0.1) is 0 Å².